The van der Waals surface area contributed by atoms with Crippen molar-refractivity contribution in [2.24, 2.45) is 7.05 Å². The zero-order valence-electron chi connectivity index (χ0n) is 10.7. The lowest BCUT2D eigenvalue weighted by atomic mass is 10.1. The Labute approximate surface area is 110 Å². The first-order valence-electron chi connectivity index (χ1n) is 6.25. The summed E-state index contributed by atoms with van der Waals surface area (Å²) in [5.74, 6) is 0.854. The summed E-state index contributed by atoms with van der Waals surface area (Å²) in [4.78, 5) is 18.7. The van der Waals surface area contributed by atoms with Crippen LogP contribution in [-0.2, 0) is 7.05 Å². The largest absolute Gasteiger partial charge is 0.336 e. The van der Waals surface area contributed by atoms with Crippen molar-refractivity contribution in [1.82, 2.24) is 30.0 Å². The molecular weight excluding hydrogens is 244 g/mol. The van der Waals surface area contributed by atoms with E-state index in [0.717, 1.165) is 12.4 Å². The minimum absolute atomic E-state index is 0.0352. The molecule has 1 saturated heterocycles. The average Bonchev–Trinajstić information content (AvgIpc) is 3.09. The third-order valence-electron chi connectivity index (χ3n) is 3.39. The van der Waals surface area contributed by atoms with Crippen molar-refractivity contribution in [2.75, 3.05) is 19.6 Å². The molecule has 0 aliphatic carbocycles. The SMILES string of the molecule is Cn1ccnc1C1CNCCN1C(=O)c1ccn[nH]1. The van der Waals surface area contributed by atoms with Crippen molar-refractivity contribution >= 4 is 5.91 Å². The Morgan fingerprint density at radius 2 is 2.37 bits per heavy atom. The van der Waals surface area contributed by atoms with Crippen LogP contribution in [0.15, 0.2) is 24.7 Å². The smallest absolute Gasteiger partial charge is 0.272 e. The molecule has 1 aliphatic heterocycles. The fourth-order valence-corrected chi connectivity index (χ4v) is 2.41. The number of nitrogens with zero attached hydrogens (tertiary/aromatic N) is 4. The highest BCUT2D eigenvalue weighted by Gasteiger charge is 2.31. The van der Waals surface area contributed by atoms with Gasteiger partial charge in [0.1, 0.15) is 17.6 Å². The van der Waals surface area contributed by atoms with Crippen LogP contribution < -0.4 is 5.32 Å². The molecule has 0 bridgehead atoms. The first-order valence-corrected chi connectivity index (χ1v) is 6.25. The molecule has 7 heteroatoms. The third-order valence-corrected chi connectivity index (χ3v) is 3.39. The number of imidazole rings is 1. The van der Waals surface area contributed by atoms with E-state index in [2.05, 4.69) is 20.5 Å². The van der Waals surface area contributed by atoms with Crippen LogP contribution in [0.1, 0.15) is 22.4 Å². The van der Waals surface area contributed by atoms with Gasteiger partial charge in [-0.05, 0) is 6.07 Å². The maximum Gasteiger partial charge on any atom is 0.272 e. The van der Waals surface area contributed by atoms with Gasteiger partial charge in [0.15, 0.2) is 0 Å². The molecule has 0 saturated carbocycles. The molecule has 19 heavy (non-hydrogen) atoms. The highest BCUT2D eigenvalue weighted by atomic mass is 16.2. The summed E-state index contributed by atoms with van der Waals surface area (Å²) < 4.78 is 1.95. The van der Waals surface area contributed by atoms with Crippen LogP contribution in [-0.4, -0.2) is 50.2 Å². The first kappa shape index (κ1) is 11.9. The fraction of sp³-hybridized carbons (Fsp3) is 0.417. The Morgan fingerprint density at radius 3 is 3.05 bits per heavy atom. The Kier molecular flexibility index (Phi) is 3.04. The highest BCUT2D eigenvalue weighted by molar-refractivity contribution is 5.92. The van der Waals surface area contributed by atoms with Crippen LogP contribution in [0.3, 0.4) is 0 Å². The Hall–Kier alpha value is -2.15. The van der Waals surface area contributed by atoms with Gasteiger partial charge in [-0.25, -0.2) is 4.98 Å². The monoisotopic (exact) mass is 260 g/mol. The molecule has 0 aromatic carbocycles. The molecule has 2 N–H and O–H groups in total. The number of H-pyrrole nitrogens is 1. The molecule has 0 spiro atoms. The van der Waals surface area contributed by atoms with Gasteiger partial charge in [-0.1, -0.05) is 0 Å². The normalized spacial score (nSPS) is 19.6. The van der Waals surface area contributed by atoms with Crippen molar-refractivity contribution < 1.29 is 4.79 Å². The van der Waals surface area contributed by atoms with Crippen molar-refractivity contribution in [3.8, 4) is 0 Å². The molecule has 3 heterocycles. The van der Waals surface area contributed by atoms with Gasteiger partial charge >= 0.3 is 0 Å². The van der Waals surface area contributed by atoms with Gasteiger partial charge < -0.3 is 14.8 Å². The number of hydrogen-bond donors (Lipinski definition) is 2. The van der Waals surface area contributed by atoms with E-state index in [1.807, 2.05) is 22.7 Å². The number of nitrogens with one attached hydrogen (secondary N) is 2. The summed E-state index contributed by atoms with van der Waals surface area (Å²) >= 11 is 0. The zero-order chi connectivity index (χ0) is 13.2. The van der Waals surface area contributed by atoms with E-state index in [-0.39, 0.29) is 11.9 Å². The number of aryl methyl sites for hydroxylation is 1. The molecule has 1 aliphatic rings. The maximum absolute atomic E-state index is 12.5. The second kappa shape index (κ2) is 4.85. The predicted octanol–water partition coefficient (Wildman–Crippen LogP) is -0.0701. The summed E-state index contributed by atoms with van der Waals surface area (Å²) in [6.07, 6.45) is 5.23. The van der Waals surface area contributed by atoms with E-state index in [0.29, 0.717) is 18.8 Å². The highest BCUT2D eigenvalue weighted by Crippen LogP contribution is 2.21. The minimum Gasteiger partial charge on any atom is -0.336 e. The number of carbonyl (C=O) groups is 1. The molecule has 1 atom stereocenters. The number of amides is 1. The molecule has 3 rings (SSSR count). The lowest BCUT2D eigenvalue weighted by molar-refractivity contribution is 0.0614. The van der Waals surface area contributed by atoms with Crippen LogP contribution in [0.5, 0.6) is 0 Å². The van der Waals surface area contributed by atoms with Crippen LogP contribution in [0.25, 0.3) is 0 Å². The lowest BCUT2D eigenvalue weighted by Crippen LogP contribution is -2.49. The van der Waals surface area contributed by atoms with E-state index in [9.17, 15) is 4.79 Å². The van der Waals surface area contributed by atoms with Gasteiger partial charge in [-0.2, -0.15) is 5.10 Å². The van der Waals surface area contributed by atoms with Gasteiger partial charge in [0.25, 0.3) is 5.91 Å². The predicted molar refractivity (Wildman–Crippen MR) is 68.4 cm³/mol. The van der Waals surface area contributed by atoms with Gasteiger partial charge in [0, 0.05) is 45.3 Å². The van der Waals surface area contributed by atoms with Crippen LogP contribution in [0.4, 0.5) is 0 Å². The summed E-state index contributed by atoms with van der Waals surface area (Å²) in [6.45, 7) is 2.17. The molecule has 1 unspecified atom stereocenters. The summed E-state index contributed by atoms with van der Waals surface area (Å²) in [6, 6.07) is 1.64. The van der Waals surface area contributed by atoms with Gasteiger partial charge in [-0.15, -0.1) is 0 Å². The minimum atomic E-state index is -0.0513. The van der Waals surface area contributed by atoms with E-state index in [4.69, 9.17) is 0 Å². The van der Waals surface area contributed by atoms with Crippen molar-refractivity contribution in [3.05, 3.63) is 36.2 Å². The Morgan fingerprint density at radius 1 is 1.47 bits per heavy atom. The molecule has 7 nitrogen and oxygen atoms in total. The van der Waals surface area contributed by atoms with E-state index in [1.54, 1.807) is 18.5 Å². The number of piperazine rings is 1. The topological polar surface area (TPSA) is 78.8 Å². The lowest BCUT2D eigenvalue weighted by Gasteiger charge is -2.35. The number of hydrogen-bond acceptors (Lipinski definition) is 4. The number of aromatic amines is 1. The molecule has 1 amide bonds. The zero-order valence-corrected chi connectivity index (χ0v) is 10.7. The molecule has 100 valence electrons. The van der Waals surface area contributed by atoms with E-state index < -0.39 is 0 Å². The van der Waals surface area contributed by atoms with Crippen molar-refractivity contribution in [1.29, 1.82) is 0 Å². The van der Waals surface area contributed by atoms with E-state index >= 15 is 0 Å². The molecule has 1 fully saturated rings. The van der Waals surface area contributed by atoms with Crippen LogP contribution in [0, 0.1) is 0 Å². The summed E-state index contributed by atoms with van der Waals surface area (Å²) in [7, 11) is 1.94. The Bertz CT molecular complexity index is 561. The first-order chi connectivity index (χ1) is 9.27. The Balaban J connectivity index is 1.90. The van der Waals surface area contributed by atoms with Crippen LogP contribution in [0.2, 0.25) is 0 Å². The summed E-state index contributed by atoms with van der Waals surface area (Å²) in [5, 5.41) is 9.87. The van der Waals surface area contributed by atoms with Gasteiger partial charge in [0.2, 0.25) is 0 Å². The van der Waals surface area contributed by atoms with Crippen LogP contribution >= 0.6 is 0 Å². The van der Waals surface area contributed by atoms with Gasteiger partial charge in [-0.3, -0.25) is 9.89 Å². The van der Waals surface area contributed by atoms with Crippen molar-refractivity contribution in [2.45, 2.75) is 6.04 Å². The number of carbonyl (C=O) groups excluding carboxylic acids is 1. The molecule has 2 aromatic rings. The molecule has 2 aromatic heterocycles. The molecule has 0 radical (unpaired) electrons. The number of aromatic nitrogens is 4. The second-order valence-corrected chi connectivity index (χ2v) is 4.59. The second-order valence-electron chi connectivity index (χ2n) is 4.59. The third kappa shape index (κ3) is 2.12. The maximum atomic E-state index is 12.5. The van der Waals surface area contributed by atoms with Gasteiger partial charge in [0.05, 0.1) is 0 Å². The standard InChI is InChI=1S/C12H16N6O/c1-17-6-5-14-11(17)10-8-13-4-7-18(10)12(19)9-2-3-15-16-9/h2-3,5-6,10,13H,4,7-8H2,1H3,(H,15,16). The fourth-order valence-electron chi connectivity index (χ4n) is 2.41. The molecular formula is C12H16N6O. The number of rotatable bonds is 2. The van der Waals surface area contributed by atoms with Crippen molar-refractivity contribution in [3.63, 3.8) is 0 Å². The quantitative estimate of drug-likeness (QED) is 0.792. The van der Waals surface area contributed by atoms with E-state index in [1.165, 1.54) is 0 Å². The average molecular weight is 260 g/mol. The summed E-state index contributed by atoms with van der Waals surface area (Å²) in [5.41, 5.74) is 0.515.